The van der Waals surface area contributed by atoms with Gasteiger partial charge >= 0.3 is 0 Å². The molecule has 0 bridgehead atoms. The van der Waals surface area contributed by atoms with E-state index in [0.717, 1.165) is 11.3 Å². The third-order valence-electron chi connectivity index (χ3n) is 3.17. The van der Waals surface area contributed by atoms with Crippen LogP contribution in [0.5, 0.6) is 5.75 Å². The molecule has 0 fully saturated rings. The van der Waals surface area contributed by atoms with Crippen LogP contribution in [0.15, 0.2) is 36.5 Å². The van der Waals surface area contributed by atoms with Crippen molar-refractivity contribution < 1.29 is 13.9 Å². The second kappa shape index (κ2) is 4.80. The number of hydrogen-bond acceptors (Lipinski definition) is 4. The first-order valence-electron chi connectivity index (χ1n) is 6.09. The van der Waals surface area contributed by atoms with Crippen LogP contribution < -0.4 is 15.8 Å². The number of anilines is 1. The van der Waals surface area contributed by atoms with Crippen molar-refractivity contribution in [2.24, 2.45) is 0 Å². The number of benzene rings is 1. The molecule has 0 saturated heterocycles. The van der Waals surface area contributed by atoms with Crippen molar-refractivity contribution in [2.45, 2.75) is 6.04 Å². The highest BCUT2D eigenvalue weighted by Gasteiger charge is 2.26. The van der Waals surface area contributed by atoms with Crippen molar-refractivity contribution in [3.05, 3.63) is 53.5 Å². The lowest BCUT2D eigenvalue weighted by molar-refractivity contribution is 0.0926. The number of pyridine rings is 1. The summed E-state index contributed by atoms with van der Waals surface area (Å²) in [6.45, 7) is 0.327. The van der Waals surface area contributed by atoms with E-state index in [1.54, 1.807) is 0 Å². The van der Waals surface area contributed by atoms with Gasteiger partial charge in [-0.1, -0.05) is 18.2 Å². The lowest BCUT2D eigenvalue weighted by Crippen LogP contribution is -2.30. The van der Waals surface area contributed by atoms with Gasteiger partial charge in [0.15, 0.2) is 11.6 Å². The number of carbonyl (C=O) groups is 1. The van der Waals surface area contributed by atoms with E-state index in [0.29, 0.717) is 6.61 Å². The van der Waals surface area contributed by atoms with Gasteiger partial charge in [-0.05, 0) is 12.1 Å². The third-order valence-corrected chi connectivity index (χ3v) is 3.17. The van der Waals surface area contributed by atoms with Gasteiger partial charge in [-0.25, -0.2) is 9.37 Å². The monoisotopic (exact) mass is 273 g/mol. The van der Waals surface area contributed by atoms with E-state index >= 15 is 0 Å². The van der Waals surface area contributed by atoms with Gasteiger partial charge in [-0.2, -0.15) is 0 Å². The molecule has 1 atom stereocenters. The summed E-state index contributed by atoms with van der Waals surface area (Å²) in [7, 11) is 0. The number of aromatic nitrogens is 1. The number of amides is 1. The summed E-state index contributed by atoms with van der Waals surface area (Å²) in [6.07, 6.45) is 1.30. The summed E-state index contributed by atoms with van der Waals surface area (Å²) in [5.74, 6) is -0.910. The summed E-state index contributed by atoms with van der Waals surface area (Å²) < 4.78 is 19.2. The van der Waals surface area contributed by atoms with E-state index in [4.69, 9.17) is 10.5 Å². The summed E-state index contributed by atoms with van der Waals surface area (Å²) >= 11 is 0. The number of para-hydroxylation sites is 1. The number of nitrogens with zero attached hydrogens (tertiary/aromatic N) is 1. The van der Waals surface area contributed by atoms with E-state index in [2.05, 4.69) is 10.3 Å². The molecule has 0 radical (unpaired) electrons. The average molecular weight is 273 g/mol. The predicted molar refractivity (Wildman–Crippen MR) is 70.8 cm³/mol. The Kier molecular flexibility index (Phi) is 2.98. The predicted octanol–water partition coefficient (Wildman–Crippen LogP) is 1.67. The van der Waals surface area contributed by atoms with Crippen LogP contribution >= 0.6 is 0 Å². The van der Waals surface area contributed by atoms with E-state index < -0.39 is 11.7 Å². The van der Waals surface area contributed by atoms with Gasteiger partial charge < -0.3 is 15.8 Å². The lowest BCUT2D eigenvalue weighted by atomic mass is 10.1. The zero-order chi connectivity index (χ0) is 14.1. The molecular formula is C14H12FN3O2. The van der Waals surface area contributed by atoms with Crippen LogP contribution in [-0.4, -0.2) is 17.5 Å². The molecule has 2 heterocycles. The van der Waals surface area contributed by atoms with Gasteiger partial charge in [0.05, 0.1) is 11.6 Å². The fraction of sp³-hybridized carbons (Fsp3) is 0.143. The van der Waals surface area contributed by atoms with Crippen LogP contribution in [0.25, 0.3) is 0 Å². The number of fused-ring (bicyclic) bond motifs is 1. The number of nitrogen functional groups attached to an aromatic ring is 1. The number of rotatable bonds is 2. The molecule has 5 nitrogen and oxygen atoms in total. The molecule has 6 heteroatoms. The Morgan fingerprint density at radius 3 is 3.05 bits per heavy atom. The van der Waals surface area contributed by atoms with Crippen molar-refractivity contribution in [2.75, 3.05) is 12.3 Å². The molecular weight excluding hydrogens is 261 g/mol. The third kappa shape index (κ3) is 2.05. The van der Waals surface area contributed by atoms with Gasteiger partial charge in [0.2, 0.25) is 0 Å². The molecule has 102 valence electrons. The van der Waals surface area contributed by atoms with Crippen LogP contribution in [0.4, 0.5) is 10.2 Å². The minimum Gasteiger partial charge on any atom is -0.491 e. The summed E-state index contributed by atoms with van der Waals surface area (Å²) in [6, 6.07) is 8.40. The van der Waals surface area contributed by atoms with Gasteiger partial charge in [0.25, 0.3) is 5.91 Å². The topological polar surface area (TPSA) is 77.2 Å². The Labute approximate surface area is 114 Å². The first kappa shape index (κ1) is 12.4. The summed E-state index contributed by atoms with van der Waals surface area (Å²) in [5.41, 5.74) is 6.11. The highest BCUT2D eigenvalue weighted by molar-refractivity contribution is 5.95. The van der Waals surface area contributed by atoms with E-state index in [9.17, 15) is 9.18 Å². The Balaban J connectivity index is 1.83. The summed E-state index contributed by atoms with van der Waals surface area (Å²) in [5, 5.41) is 2.73. The van der Waals surface area contributed by atoms with Gasteiger partial charge in [-0.3, -0.25) is 4.79 Å². The molecule has 2 aromatic rings. The second-order valence-corrected chi connectivity index (χ2v) is 4.43. The maximum absolute atomic E-state index is 13.7. The standard InChI is InChI=1S/C14H12FN3O2/c15-12-9(5-6-17-13(12)16)14(19)18-10-7-20-11-4-2-1-3-8(10)11/h1-6,10H,7H2,(H2,16,17)(H,18,19). The SMILES string of the molecule is Nc1nccc(C(=O)NC2COc3ccccc32)c1F. The number of hydrogen-bond donors (Lipinski definition) is 2. The molecule has 3 rings (SSSR count). The number of halogens is 1. The number of nitrogens with one attached hydrogen (secondary N) is 1. The smallest absolute Gasteiger partial charge is 0.255 e. The lowest BCUT2D eigenvalue weighted by Gasteiger charge is -2.12. The maximum Gasteiger partial charge on any atom is 0.255 e. The van der Waals surface area contributed by atoms with Crippen molar-refractivity contribution in [3.63, 3.8) is 0 Å². The van der Waals surface area contributed by atoms with Crippen LogP contribution in [0, 0.1) is 5.82 Å². The van der Waals surface area contributed by atoms with Gasteiger partial charge in [0, 0.05) is 11.8 Å². The molecule has 1 unspecified atom stereocenters. The van der Waals surface area contributed by atoms with Crippen LogP contribution in [0.3, 0.4) is 0 Å². The molecule has 0 saturated carbocycles. The maximum atomic E-state index is 13.7. The molecule has 1 aromatic heterocycles. The average Bonchev–Trinajstić information content (AvgIpc) is 2.85. The fourth-order valence-corrected chi connectivity index (χ4v) is 2.15. The Morgan fingerprint density at radius 2 is 2.20 bits per heavy atom. The van der Waals surface area contributed by atoms with Crippen molar-refractivity contribution in [3.8, 4) is 5.75 Å². The molecule has 3 N–H and O–H groups in total. The first-order valence-corrected chi connectivity index (χ1v) is 6.09. The Morgan fingerprint density at radius 1 is 1.40 bits per heavy atom. The van der Waals surface area contributed by atoms with Gasteiger partial charge in [0.1, 0.15) is 12.4 Å². The minimum atomic E-state index is -0.808. The van der Waals surface area contributed by atoms with E-state index in [-0.39, 0.29) is 17.4 Å². The molecule has 1 aromatic carbocycles. The first-order chi connectivity index (χ1) is 9.66. The number of ether oxygens (including phenoxy) is 1. The van der Waals surface area contributed by atoms with Crippen LogP contribution in [-0.2, 0) is 0 Å². The van der Waals surface area contributed by atoms with E-state index in [1.807, 2.05) is 24.3 Å². The molecule has 0 aliphatic carbocycles. The largest absolute Gasteiger partial charge is 0.491 e. The van der Waals surface area contributed by atoms with E-state index in [1.165, 1.54) is 12.3 Å². The molecule has 1 amide bonds. The Hall–Kier alpha value is -2.63. The quantitative estimate of drug-likeness (QED) is 0.872. The molecule has 20 heavy (non-hydrogen) atoms. The molecule has 1 aliphatic rings. The highest BCUT2D eigenvalue weighted by Crippen LogP contribution is 2.31. The Bertz CT molecular complexity index is 675. The minimum absolute atomic E-state index is 0.123. The summed E-state index contributed by atoms with van der Waals surface area (Å²) in [4.78, 5) is 15.7. The van der Waals surface area contributed by atoms with Crippen LogP contribution in [0.1, 0.15) is 22.0 Å². The number of nitrogens with two attached hydrogens (primary N) is 1. The van der Waals surface area contributed by atoms with Crippen LogP contribution in [0.2, 0.25) is 0 Å². The highest BCUT2D eigenvalue weighted by atomic mass is 19.1. The molecule has 1 aliphatic heterocycles. The normalized spacial score (nSPS) is 16.4. The zero-order valence-corrected chi connectivity index (χ0v) is 10.5. The molecule has 0 spiro atoms. The second-order valence-electron chi connectivity index (χ2n) is 4.43. The fourth-order valence-electron chi connectivity index (χ4n) is 2.15. The zero-order valence-electron chi connectivity index (χ0n) is 10.5. The van der Waals surface area contributed by atoms with Crippen molar-refractivity contribution >= 4 is 11.7 Å². The number of carbonyl (C=O) groups excluding carboxylic acids is 1. The van der Waals surface area contributed by atoms with Crippen molar-refractivity contribution in [1.29, 1.82) is 0 Å². The van der Waals surface area contributed by atoms with Gasteiger partial charge in [-0.15, -0.1) is 0 Å². The van der Waals surface area contributed by atoms with Crippen molar-refractivity contribution in [1.82, 2.24) is 10.3 Å².